The van der Waals surface area contributed by atoms with E-state index in [1.54, 1.807) is 12.1 Å². The predicted octanol–water partition coefficient (Wildman–Crippen LogP) is 3.18. The van der Waals surface area contributed by atoms with E-state index < -0.39 is 18.6 Å². The lowest BCUT2D eigenvalue weighted by Crippen LogP contribution is -2.33. The molecule has 0 radical (unpaired) electrons. The summed E-state index contributed by atoms with van der Waals surface area (Å²) in [5.41, 5.74) is 1.87. The van der Waals surface area contributed by atoms with E-state index in [-0.39, 0.29) is 0 Å². The monoisotopic (exact) mass is 363 g/mol. The van der Waals surface area contributed by atoms with Gasteiger partial charge in [0.05, 0.1) is 12.0 Å². The molecule has 8 heteroatoms. The summed E-state index contributed by atoms with van der Waals surface area (Å²) in [6, 6.07) is 6.25. The third kappa shape index (κ3) is 3.06. The van der Waals surface area contributed by atoms with Crippen LogP contribution in [0.5, 0.6) is 0 Å². The first-order valence-corrected chi connectivity index (χ1v) is 8.31. The molecular weight excluding hydrogens is 350 g/mol. The SMILES string of the molecule is Cc1sc2ncnc(NC(CO)C(=O)O)c2c1-c1ccc(Cl)cc1. The summed E-state index contributed by atoms with van der Waals surface area (Å²) in [5.74, 6) is -0.764. The third-order valence-electron chi connectivity index (χ3n) is 3.59. The van der Waals surface area contributed by atoms with Gasteiger partial charge in [0.1, 0.15) is 23.0 Å². The standard InChI is InChI=1S/C16H14ClN3O3S/c1-8-12(9-2-4-10(17)5-3-9)13-14(18-7-19-15(13)24-8)20-11(6-21)16(22)23/h2-5,7,11,21H,6H2,1H3,(H,22,23)(H,18,19,20). The van der Waals surface area contributed by atoms with Crippen LogP contribution in [0.4, 0.5) is 5.82 Å². The van der Waals surface area contributed by atoms with E-state index in [0.717, 1.165) is 26.2 Å². The Kier molecular flexibility index (Phi) is 4.66. The highest BCUT2D eigenvalue weighted by Crippen LogP contribution is 2.40. The van der Waals surface area contributed by atoms with Crippen LogP contribution in [0.2, 0.25) is 5.02 Å². The summed E-state index contributed by atoms with van der Waals surface area (Å²) in [7, 11) is 0. The largest absolute Gasteiger partial charge is 0.480 e. The molecule has 0 aliphatic rings. The number of aryl methyl sites for hydroxylation is 1. The Morgan fingerprint density at radius 3 is 2.67 bits per heavy atom. The number of aliphatic hydroxyl groups is 1. The molecule has 1 unspecified atom stereocenters. The van der Waals surface area contributed by atoms with Crippen molar-refractivity contribution in [3.05, 3.63) is 40.5 Å². The average Bonchev–Trinajstić information content (AvgIpc) is 2.89. The highest BCUT2D eigenvalue weighted by molar-refractivity contribution is 7.19. The van der Waals surface area contributed by atoms with Gasteiger partial charge < -0.3 is 15.5 Å². The molecule has 2 aromatic heterocycles. The van der Waals surface area contributed by atoms with Gasteiger partial charge in [-0.05, 0) is 24.6 Å². The van der Waals surface area contributed by atoms with E-state index in [2.05, 4.69) is 15.3 Å². The van der Waals surface area contributed by atoms with E-state index in [4.69, 9.17) is 16.7 Å². The van der Waals surface area contributed by atoms with Crippen molar-refractivity contribution in [1.82, 2.24) is 9.97 Å². The maximum atomic E-state index is 11.2. The summed E-state index contributed by atoms with van der Waals surface area (Å²) < 4.78 is 0. The number of thiophene rings is 1. The molecule has 0 fully saturated rings. The Morgan fingerprint density at radius 1 is 1.33 bits per heavy atom. The molecule has 0 saturated heterocycles. The summed E-state index contributed by atoms with van der Waals surface area (Å²) >= 11 is 7.46. The highest BCUT2D eigenvalue weighted by Gasteiger charge is 2.21. The van der Waals surface area contributed by atoms with Crippen molar-refractivity contribution in [3.63, 3.8) is 0 Å². The number of carbonyl (C=O) groups is 1. The minimum absolute atomic E-state index is 0.385. The van der Waals surface area contributed by atoms with Crippen molar-refractivity contribution in [1.29, 1.82) is 0 Å². The summed E-state index contributed by atoms with van der Waals surface area (Å²) in [6.07, 6.45) is 1.38. The molecule has 0 aliphatic carbocycles. The third-order valence-corrected chi connectivity index (χ3v) is 4.85. The first-order chi connectivity index (χ1) is 11.5. The lowest BCUT2D eigenvalue weighted by atomic mass is 10.0. The number of carboxylic acids is 1. The van der Waals surface area contributed by atoms with Crippen molar-refractivity contribution in [2.24, 2.45) is 0 Å². The van der Waals surface area contributed by atoms with E-state index in [0.29, 0.717) is 10.8 Å². The topological polar surface area (TPSA) is 95.3 Å². The highest BCUT2D eigenvalue weighted by atomic mass is 35.5. The van der Waals surface area contributed by atoms with Crippen LogP contribution in [-0.4, -0.2) is 38.8 Å². The number of nitrogens with zero attached hydrogens (tertiary/aromatic N) is 2. The number of aliphatic hydroxyl groups excluding tert-OH is 1. The fraction of sp³-hybridized carbons (Fsp3) is 0.188. The minimum atomic E-state index is -1.15. The predicted molar refractivity (Wildman–Crippen MR) is 94.7 cm³/mol. The van der Waals surface area contributed by atoms with Gasteiger partial charge in [-0.15, -0.1) is 11.3 Å². The molecule has 6 nitrogen and oxygen atoms in total. The van der Waals surface area contributed by atoms with Crippen molar-refractivity contribution >= 4 is 44.9 Å². The number of aromatic nitrogens is 2. The summed E-state index contributed by atoms with van der Waals surface area (Å²) in [4.78, 5) is 21.4. The van der Waals surface area contributed by atoms with Crippen LogP contribution in [0.15, 0.2) is 30.6 Å². The van der Waals surface area contributed by atoms with Crippen LogP contribution in [0.3, 0.4) is 0 Å². The second kappa shape index (κ2) is 6.72. The van der Waals surface area contributed by atoms with Crippen LogP contribution in [0, 0.1) is 6.92 Å². The molecular formula is C16H14ClN3O3S. The van der Waals surface area contributed by atoms with Crippen molar-refractivity contribution < 1.29 is 15.0 Å². The number of fused-ring (bicyclic) bond motifs is 1. The molecule has 0 bridgehead atoms. The van der Waals surface area contributed by atoms with Crippen molar-refractivity contribution in [3.8, 4) is 11.1 Å². The maximum Gasteiger partial charge on any atom is 0.328 e. The average molecular weight is 364 g/mol. The fourth-order valence-corrected chi connectivity index (χ4v) is 3.61. The second-order valence-corrected chi connectivity index (χ2v) is 6.80. The van der Waals surface area contributed by atoms with Crippen molar-refractivity contribution in [2.45, 2.75) is 13.0 Å². The first kappa shape index (κ1) is 16.6. The molecule has 3 N–H and O–H groups in total. The van der Waals surface area contributed by atoms with Crippen LogP contribution >= 0.6 is 22.9 Å². The Morgan fingerprint density at radius 2 is 2.04 bits per heavy atom. The van der Waals surface area contributed by atoms with Crippen LogP contribution in [0.25, 0.3) is 21.3 Å². The molecule has 1 aromatic carbocycles. The van der Waals surface area contributed by atoms with Gasteiger partial charge in [-0.25, -0.2) is 14.8 Å². The first-order valence-electron chi connectivity index (χ1n) is 7.11. The van der Waals surface area contributed by atoms with Gasteiger partial charge in [0.2, 0.25) is 0 Å². The molecule has 24 heavy (non-hydrogen) atoms. The second-order valence-electron chi connectivity index (χ2n) is 5.16. The van der Waals surface area contributed by atoms with Gasteiger partial charge in [0, 0.05) is 15.5 Å². The van der Waals surface area contributed by atoms with Crippen molar-refractivity contribution in [2.75, 3.05) is 11.9 Å². The smallest absolute Gasteiger partial charge is 0.328 e. The number of anilines is 1. The zero-order valence-corrected chi connectivity index (χ0v) is 14.2. The number of halogens is 1. The van der Waals surface area contributed by atoms with E-state index in [1.165, 1.54) is 17.7 Å². The molecule has 0 saturated carbocycles. The van der Waals surface area contributed by atoms with Gasteiger partial charge in [0.15, 0.2) is 0 Å². The van der Waals surface area contributed by atoms with Gasteiger partial charge in [-0.2, -0.15) is 0 Å². The fourth-order valence-electron chi connectivity index (χ4n) is 2.47. The molecule has 2 heterocycles. The Balaban J connectivity index is 2.17. The number of benzene rings is 1. The number of rotatable bonds is 5. The van der Waals surface area contributed by atoms with E-state index >= 15 is 0 Å². The van der Waals surface area contributed by atoms with Gasteiger partial charge in [0.25, 0.3) is 0 Å². The zero-order valence-electron chi connectivity index (χ0n) is 12.7. The maximum absolute atomic E-state index is 11.2. The Bertz CT molecular complexity index is 895. The van der Waals surface area contributed by atoms with E-state index in [9.17, 15) is 9.90 Å². The zero-order chi connectivity index (χ0) is 17.3. The van der Waals surface area contributed by atoms with Crippen LogP contribution in [0.1, 0.15) is 4.88 Å². The molecule has 3 rings (SSSR count). The summed E-state index contributed by atoms with van der Waals surface area (Å²) in [6.45, 7) is 1.43. The van der Waals surface area contributed by atoms with Gasteiger partial charge in [-0.3, -0.25) is 0 Å². The number of nitrogens with one attached hydrogen (secondary N) is 1. The number of aliphatic carboxylic acids is 1. The van der Waals surface area contributed by atoms with Crippen LogP contribution < -0.4 is 5.32 Å². The number of hydrogen-bond acceptors (Lipinski definition) is 6. The molecule has 0 amide bonds. The normalized spacial score (nSPS) is 12.3. The molecule has 0 spiro atoms. The number of hydrogen-bond donors (Lipinski definition) is 3. The molecule has 0 aliphatic heterocycles. The van der Waals surface area contributed by atoms with Gasteiger partial charge >= 0.3 is 5.97 Å². The Labute approximate surface area is 146 Å². The van der Waals surface area contributed by atoms with Gasteiger partial charge in [-0.1, -0.05) is 23.7 Å². The quantitative estimate of drug-likeness (QED) is 0.644. The summed E-state index contributed by atoms with van der Waals surface area (Å²) in [5, 5.41) is 22.6. The minimum Gasteiger partial charge on any atom is -0.480 e. The lowest BCUT2D eigenvalue weighted by molar-refractivity contribution is -0.138. The lowest BCUT2D eigenvalue weighted by Gasteiger charge is -2.13. The van der Waals surface area contributed by atoms with E-state index in [1.807, 2.05) is 19.1 Å². The number of carboxylic acid groups (broad SMARTS) is 1. The molecule has 3 aromatic rings. The Hall–Kier alpha value is -2.22. The molecule has 1 atom stereocenters. The van der Waals surface area contributed by atoms with Crippen LogP contribution in [-0.2, 0) is 4.79 Å². The molecule has 124 valence electrons.